The van der Waals surface area contributed by atoms with E-state index in [1.807, 2.05) is 0 Å². The van der Waals surface area contributed by atoms with Crippen LogP contribution in [0.2, 0.25) is 0 Å². The second kappa shape index (κ2) is 11.5. The molecule has 0 aliphatic carbocycles. The Morgan fingerprint density at radius 3 is 1.16 bits per heavy atom. The Hall–Kier alpha value is -6.06. The van der Waals surface area contributed by atoms with Crippen molar-refractivity contribution >= 4 is 49.3 Å². The maximum Gasteiger partial charge on any atom is 0.0541 e. The van der Waals surface area contributed by atoms with Gasteiger partial charge in [0.25, 0.3) is 0 Å². The number of benzene rings is 7. The standard InChI is InChI=1S/C47H37N3/c1-2-13-36(14-3-1)48-32-12-31-47(33-48,34-23-27-37(28-24-34)49-43-19-8-4-15-39(43)40-16-5-9-20-44(40)49)35-25-29-38(30-26-35)50-45-21-10-6-17-41(45)42-18-7-11-22-46(42)50/h1-11,13-30H,12,31-33H2. The van der Waals surface area contributed by atoms with Crippen LogP contribution in [0.5, 0.6) is 0 Å². The zero-order valence-corrected chi connectivity index (χ0v) is 27.9. The first kappa shape index (κ1) is 28.9. The van der Waals surface area contributed by atoms with E-state index in [2.05, 4.69) is 190 Å². The molecule has 240 valence electrons. The fraction of sp³-hybridized carbons (Fsp3) is 0.106. The van der Waals surface area contributed by atoms with E-state index in [-0.39, 0.29) is 5.41 Å². The minimum absolute atomic E-state index is 0.160. The Kier molecular flexibility index (Phi) is 6.67. The molecule has 3 nitrogen and oxygen atoms in total. The third-order valence-corrected chi connectivity index (χ3v) is 11.1. The molecule has 2 aromatic heterocycles. The topological polar surface area (TPSA) is 13.1 Å². The van der Waals surface area contributed by atoms with Gasteiger partial charge in [-0.05, 0) is 84.6 Å². The van der Waals surface area contributed by atoms with E-state index in [1.54, 1.807) is 0 Å². The fourth-order valence-corrected chi connectivity index (χ4v) is 8.81. The van der Waals surface area contributed by atoms with Gasteiger partial charge in [0.05, 0.1) is 22.1 Å². The quantitative estimate of drug-likeness (QED) is 0.182. The molecule has 7 aromatic carbocycles. The molecule has 0 bridgehead atoms. The molecule has 10 rings (SSSR count). The lowest BCUT2D eigenvalue weighted by molar-refractivity contribution is 0.402. The van der Waals surface area contributed by atoms with E-state index in [9.17, 15) is 0 Å². The van der Waals surface area contributed by atoms with Crippen LogP contribution < -0.4 is 4.90 Å². The van der Waals surface area contributed by atoms with Crippen molar-refractivity contribution in [1.82, 2.24) is 9.13 Å². The van der Waals surface area contributed by atoms with Gasteiger partial charge in [0.1, 0.15) is 0 Å². The normalized spacial score (nSPS) is 14.6. The van der Waals surface area contributed by atoms with Crippen LogP contribution in [0.1, 0.15) is 24.0 Å². The molecule has 0 saturated carbocycles. The van der Waals surface area contributed by atoms with Gasteiger partial charge in [-0.2, -0.15) is 0 Å². The van der Waals surface area contributed by atoms with Crippen LogP contribution in [0.15, 0.2) is 176 Å². The summed E-state index contributed by atoms with van der Waals surface area (Å²) in [6, 6.07) is 64.9. The molecular weight excluding hydrogens is 607 g/mol. The van der Waals surface area contributed by atoms with Crippen molar-refractivity contribution in [3.05, 3.63) is 187 Å². The summed E-state index contributed by atoms with van der Waals surface area (Å²) in [6.07, 6.45) is 2.22. The minimum atomic E-state index is -0.160. The molecule has 1 saturated heterocycles. The molecule has 0 N–H and O–H groups in total. The lowest BCUT2D eigenvalue weighted by Gasteiger charge is -2.45. The van der Waals surface area contributed by atoms with Crippen LogP contribution in [-0.2, 0) is 5.41 Å². The van der Waals surface area contributed by atoms with Gasteiger partial charge < -0.3 is 14.0 Å². The molecule has 3 heterocycles. The molecule has 50 heavy (non-hydrogen) atoms. The van der Waals surface area contributed by atoms with Crippen molar-refractivity contribution in [3.63, 3.8) is 0 Å². The minimum Gasteiger partial charge on any atom is -0.370 e. The molecular formula is C47H37N3. The van der Waals surface area contributed by atoms with E-state index in [4.69, 9.17) is 0 Å². The van der Waals surface area contributed by atoms with E-state index >= 15 is 0 Å². The first-order valence-electron chi connectivity index (χ1n) is 17.8. The smallest absolute Gasteiger partial charge is 0.0541 e. The highest BCUT2D eigenvalue weighted by Gasteiger charge is 2.39. The van der Waals surface area contributed by atoms with Gasteiger partial charge in [-0.25, -0.2) is 0 Å². The SMILES string of the molecule is c1ccc(N2CCCC(c3ccc(-n4c5ccccc5c5ccccc54)cc3)(c3ccc(-n4c5ccccc5c5ccccc54)cc3)C2)cc1. The summed E-state index contributed by atoms with van der Waals surface area (Å²) in [6.45, 7) is 1.99. The van der Waals surface area contributed by atoms with Crippen molar-refractivity contribution in [2.75, 3.05) is 18.0 Å². The maximum atomic E-state index is 2.59. The van der Waals surface area contributed by atoms with Crippen LogP contribution in [-0.4, -0.2) is 22.2 Å². The summed E-state index contributed by atoms with van der Waals surface area (Å²) in [4.78, 5) is 2.59. The third kappa shape index (κ3) is 4.43. The zero-order valence-electron chi connectivity index (χ0n) is 27.9. The van der Waals surface area contributed by atoms with Crippen LogP contribution in [0, 0.1) is 0 Å². The third-order valence-electron chi connectivity index (χ3n) is 11.1. The van der Waals surface area contributed by atoms with Gasteiger partial charge in [0.2, 0.25) is 0 Å². The molecule has 1 aliphatic heterocycles. The average Bonchev–Trinajstić information content (AvgIpc) is 3.72. The number of hydrogen-bond donors (Lipinski definition) is 0. The Labute approximate surface area is 292 Å². The van der Waals surface area contributed by atoms with Gasteiger partial charge in [-0.1, -0.05) is 115 Å². The highest BCUT2D eigenvalue weighted by Crippen LogP contribution is 2.43. The van der Waals surface area contributed by atoms with Crippen LogP contribution in [0.4, 0.5) is 5.69 Å². The number of hydrogen-bond acceptors (Lipinski definition) is 1. The monoisotopic (exact) mass is 643 g/mol. The summed E-state index contributed by atoms with van der Waals surface area (Å²) in [5.41, 5.74) is 11.2. The van der Waals surface area contributed by atoms with E-state index < -0.39 is 0 Å². The Balaban J connectivity index is 1.11. The second-order valence-corrected chi connectivity index (χ2v) is 13.8. The molecule has 1 fully saturated rings. The van der Waals surface area contributed by atoms with Crippen molar-refractivity contribution in [3.8, 4) is 11.4 Å². The summed E-state index contributed by atoms with van der Waals surface area (Å²) in [7, 11) is 0. The van der Waals surface area contributed by atoms with Crippen molar-refractivity contribution in [2.24, 2.45) is 0 Å². The molecule has 1 aliphatic rings. The Morgan fingerprint density at radius 2 is 0.740 bits per heavy atom. The van der Waals surface area contributed by atoms with Crippen LogP contribution in [0.3, 0.4) is 0 Å². The second-order valence-electron chi connectivity index (χ2n) is 13.8. The van der Waals surface area contributed by atoms with E-state index in [0.29, 0.717) is 0 Å². The average molecular weight is 644 g/mol. The first-order chi connectivity index (χ1) is 24.8. The van der Waals surface area contributed by atoms with Gasteiger partial charge in [-0.3, -0.25) is 0 Å². The first-order valence-corrected chi connectivity index (χ1v) is 17.8. The fourth-order valence-electron chi connectivity index (χ4n) is 8.81. The van der Waals surface area contributed by atoms with E-state index in [0.717, 1.165) is 25.9 Å². The van der Waals surface area contributed by atoms with Crippen LogP contribution in [0.25, 0.3) is 55.0 Å². The van der Waals surface area contributed by atoms with E-state index in [1.165, 1.54) is 71.8 Å². The van der Waals surface area contributed by atoms with Crippen molar-refractivity contribution in [1.29, 1.82) is 0 Å². The molecule has 0 unspecified atom stereocenters. The number of para-hydroxylation sites is 5. The number of anilines is 1. The summed E-state index contributed by atoms with van der Waals surface area (Å²) < 4.78 is 4.83. The van der Waals surface area contributed by atoms with Crippen molar-refractivity contribution in [2.45, 2.75) is 18.3 Å². The molecule has 0 spiro atoms. The largest absolute Gasteiger partial charge is 0.370 e. The molecule has 9 aromatic rings. The Morgan fingerprint density at radius 1 is 0.360 bits per heavy atom. The lowest BCUT2D eigenvalue weighted by atomic mass is 9.69. The maximum absolute atomic E-state index is 2.59. The summed E-state index contributed by atoms with van der Waals surface area (Å²) >= 11 is 0. The number of nitrogens with zero attached hydrogens (tertiary/aromatic N) is 3. The molecule has 0 amide bonds. The number of aromatic nitrogens is 2. The molecule has 0 radical (unpaired) electrons. The Bertz CT molecular complexity index is 2380. The van der Waals surface area contributed by atoms with Gasteiger partial charge >= 0.3 is 0 Å². The number of rotatable bonds is 5. The van der Waals surface area contributed by atoms with Crippen LogP contribution >= 0.6 is 0 Å². The summed E-state index contributed by atoms with van der Waals surface area (Å²) in [5, 5.41) is 5.16. The van der Waals surface area contributed by atoms with Crippen molar-refractivity contribution < 1.29 is 0 Å². The van der Waals surface area contributed by atoms with Gasteiger partial charge in [0, 0.05) is 57.1 Å². The molecule has 0 atom stereocenters. The van der Waals surface area contributed by atoms with Gasteiger partial charge in [0.15, 0.2) is 0 Å². The predicted octanol–water partition coefficient (Wildman–Crippen LogP) is 11.5. The number of piperidine rings is 1. The highest BCUT2D eigenvalue weighted by atomic mass is 15.1. The zero-order chi connectivity index (χ0) is 33.1. The predicted molar refractivity (Wildman–Crippen MR) is 210 cm³/mol. The summed E-state index contributed by atoms with van der Waals surface area (Å²) in [5.74, 6) is 0. The van der Waals surface area contributed by atoms with Gasteiger partial charge in [-0.15, -0.1) is 0 Å². The number of fused-ring (bicyclic) bond motifs is 6. The molecule has 3 heteroatoms. The highest BCUT2D eigenvalue weighted by molar-refractivity contribution is 6.10. The lowest BCUT2D eigenvalue weighted by Crippen LogP contribution is -2.47.